The third-order valence-electron chi connectivity index (χ3n) is 4.69. The molecule has 3 aromatic rings. The van der Waals surface area contributed by atoms with Gasteiger partial charge in [0.1, 0.15) is 0 Å². The van der Waals surface area contributed by atoms with Crippen LogP contribution in [0.25, 0.3) is 16.4 Å². The molecule has 1 saturated carbocycles. The van der Waals surface area contributed by atoms with E-state index in [1.807, 2.05) is 52.4 Å². The summed E-state index contributed by atoms with van der Waals surface area (Å²) in [4.78, 5) is 13.4. The molecule has 0 radical (unpaired) electrons. The fraction of sp³-hybridized carbons (Fsp3) is 0.350. The van der Waals surface area contributed by atoms with Crippen LogP contribution in [-0.4, -0.2) is 32.5 Å². The minimum absolute atomic E-state index is 0.0761. The predicted octanol–water partition coefficient (Wildman–Crippen LogP) is 4.54. The van der Waals surface area contributed by atoms with Gasteiger partial charge in [0.2, 0.25) is 5.91 Å². The van der Waals surface area contributed by atoms with Gasteiger partial charge in [-0.1, -0.05) is 55.3 Å². The molecule has 1 fully saturated rings. The molecular formula is C20H22N4OS2. The summed E-state index contributed by atoms with van der Waals surface area (Å²) in [7, 11) is 0. The summed E-state index contributed by atoms with van der Waals surface area (Å²) >= 11 is 3.07. The third-order valence-corrected chi connectivity index (χ3v) is 6.49. The van der Waals surface area contributed by atoms with Crippen molar-refractivity contribution in [2.45, 2.75) is 43.3 Å². The fourth-order valence-corrected chi connectivity index (χ4v) is 4.85. The van der Waals surface area contributed by atoms with Crippen molar-refractivity contribution in [3.05, 3.63) is 47.8 Å². The molecule has 0 unspecified atom stereocenters. The highest BCUT2D eigenvalue weighted by atomic mass is 32.2. The van der Waals surface area contributed by atoms with Crippen molar-refractivity contribution in [1.29, 1.82) is 0 Å². The highest BCUT2D eigenvalue weighted by Crippen LogP contribution is 2.30. The van der Waals surface area contributed by atoms with Crippen LogP contribution in [0.3, 0.4) is 0 Å². The Bertz CT molecular complexity index is 871. The molecule has 0 bridgehead atoms. The van der Waals surface area contributed by atoms with Crippen molar-refractivity contribution in [2.24, 2.45) is 0 Å². The number of amides is 1. The predicted molar refractivity (Wildman–Crippen MR) is 110 cm³/mol. The van der Waals surface area contributed by atoms with E-state index in [0.29, 0.717) is 11.8 Å². The molecule has 0 saturated heterocycles. The SMILES string of the molecule is O=C(CSc1nnc(-c2cccs2)n1-c1ccccc1)NC1CCCCC1. The van der Waals surface area contributed by atoms with E-state index in [4.69, 9.17) is 0 Å². The summed E-state index contributed by atoms with van der Waals surface area (Å²) in [6.45, 7) is 0. The summed E-state index contributed by atoms with van der Waals surface area (Å²) in [5, 5.41) is 14.7. The number of nitrogens with one attached hydrogen (secondary N) is 1. The number of rotatable bonds is 6. The Kier molecular flexibility index (Phi) is 5.89. The maximum absolute atomic E-state index is 12.4. The summed E-state index contributed by atoms with van der Waals surface area (Å²) in [5.41, 5.74) is 1.00. The molecule has 1 aliphatic rings. The minimum Gasteiger partial charge on any atom is -0.353 e. The second-order valence-electron chi connectivity index (χ2n) is 6.65. The summed E-state index contributed by atoms with van der Waals surface area (Å²) < 4.78 is 2.03. The lowest BCUT2D eigenvalue weighted by Gasteiger charge is -2.22. The van der Waals surface area contributed by atoms with Crippen molar-refractivity contribution in [2.75, 3.05) is 5.75 Å². The van der Waals surface area contributed by atoms with Crippen LogP contribution in [0.5, 0.6) is 0 Å². The standard InChI is InChI=1S/C20H22N4OS2/c25-18(21-15-8-3-1-4-9-15)14-27-20-23-22-19(17-12-7-13-26-17)24(20)16-10-5-2-6-11-16/h2,5-7,10-13,15H,1,3-4,8-9,14H2,(H,21,25). The molecule has 1 aromatic carbocycles. The number of thiophene rings is 1. The molecule has 5 nitrogen and oxygen atoms in total. The molecule has 4 rings (SSSR count). The highest BCUT2D eigenvalue weighted by Gasteiger charge is 2.19. The van der Waals surface area contributed by atoms with Crippen molar-refractivity contribution < 1.29 is 4.79 Å². The maximum atomic E-state index is 12.4. The Morgan fingerprint density at radius 3 is 2.67 bits per heavy atom. The van der Waals surface area contributed by atoms with Gasteiger partial charge in [0, 0.05) is 11.7 Å². The Morgan fingerprint density at radius 1 is 1.11 bits per heavy atom. The van der Waals surface area contributed by atoms with E-state index in [0.717, 1.165) is 34.4 Å². The number of para-hydroxylation sites is 1. The molecule has 27 heavy (non-hydrogen) atoms. The first-order valence-corrected chi connectivity index (χ1v) is 11.1. The number of carbonyl (C=O) groups excluding carboxylic acids is 1. The molecule has 0 aliphatic heterocycles. The van der Waals surface area contributed by atoms with Gasteiger partial charge in [-0.05, 0) is 36.4 Å². The zero-order valence-electron chi connectivity index (χ0n) is 15.0. The monoisotopic (exact) mass is 398 g/mol. The van der Waals surface area contributed by atoms with E-state index < -0.39 is 0 Å². The zero-order valence-corrected chi connectivity index (χ0v) is 16.6. The van der Waals surface area contributed by atoms with Crippen LogP contribution < -0.4 is 5.32 Å². The lowest BCUT2D eigenvalue weighted by atomic mass is 9.95. The van der Waals surface area contributed by atoms with E-state index in [2.05, 4.69) is 15.5 Å². The molecule has 2 aromatic heterocycles. The number of hydrogen-bond donors (Lipinski definition) is 1. The van der Waals surface area contributed by atoms with Crippen LogP contribution in [0.15, 0.2) is 53.0 Å². The Morgan fingerprint density at radius 2 is 1.93 bits per heavy atom. The molecule has 7 heteroatoms. The number of hydrogen-bond acceptors (Lipinski definition) is 5. The molecule has 140 valence electrons. The molecule has 1 aliphatic carbocycles. The van der Waals surface area contributed by atoms with E-state index >= 15 is 0 Å². The zero-order chi connectivity index (χ0) is 18.5. The van der Waals surface area contributed by atoms with Gasteiger partial charge in [-0.25, -0.2) is 0 Å². The van der Waals surface area contributed by atoms with Crippen LogP contribution in [0, 0.1) is 0 Å². The van der Waals surface area contributed by atoms with E-state index in [1.165, 1.54) is 31.0 Å². The minimum atomic E-state index is 0.0761. The van der Waals surface area contributed by atoms with Crippen LogP contribution in [-0.2, 0) is 4.79 Å². The summed E-state index contributed by atoms with van der Waals surface area (Å²) in [6, 6.07) is 14.4. The van der Waals surface area contributed by atoms with Gasteiger partial charge in [0.15, 0.2) is 11.0 Å². The van der Waals surface area contributed by atoms with Gasteiger partial charge in [-0.3, -0.25) is 9.36 Å². The second kappa shape index (κ2) is 8.71. The first-order chi connectivity index (χ1) is 13.3. The first-order valence-electron chi connectivity index (χ1n) is 9.28. The average Bonchev–Trinajstić information content (AvgIpc) is 3.37. The van der Waals surface area contributed by atoms with Crippen molar-refractivity contribution in [3.8, 4) is 16.4 Å². The summed E-state index contributed by atoms with van der Waals surface area (Å²) in [5.74, 6) is 1.24. The van der Waals surface area contributed by atoms with Crippen molar-refractivity contribution in [1.82, 2.24) is 20.1 Å². The molecular weight excluding hydrogens is 376 g/mol. The van der Waals surface area contributed by atoms with E-state index in [9.17, 15) is 4.79 Å². The van der Waals surface area contributed by atoms with Crippen molar-refractivity contribution in [3.63, 3.8) is 0 Å². The molecule has 2 heterocycles. The Hall–Kier alpha value is -2.12. The number of thioether (sulfide) groups is 1. The number of aromatic nitrogens is 3. The van der Waals surface area contributed by atoms with E-state index in [-0.39, 0.29) is 5.91 Å². The summed E-state index contributed by atoms with van der Waals surface area (Å²) in [6.07, 6.45) is 5.90. The Labute approximate surface area is 167 Å². The fourth-order valence-electron chi connectivity index (χ4n) is 3.39. The van der Waals surface area contributed by atoms with Gasteiger partial charge in [-0.15, -0.1) is 21.5 Å². The number of carbonyl (C=O) groups is 1. The lowest BCUT2D eigenvalue weighted by Crippen LogP contribution is -2.37. The van der Waals surface area contributed by atoms with Gasteiger partial charge >= 0.3 is 0 Å². The van der Waals surface area contributed by atoms with Gasteiger partial charge in [0.25, 0.3) is 0 Å². The lowest BCUT2D eigenvalue weighted by molar-refractivity contribution is -0.119. The second-order valence-corrected chi connectivity index (χ2v) is 8.54. The normalized spacial score (nSPS) is 15.0. The molecule has 0 spiro atoms. The van der Waals surface area contributed by atoms with Crippen LogP contribution in [0.1, 0.15) is 32.1 Å². The average molecular weight is 399 g/mol. The van der Waals surface area contributed by atoms with Crippen LogP contribution >= 0.6 is 23.1 Å². The molecule has 1 N–H and O–H groups in total. The number of nitrogens with zero attached hydrogens (tertiary/aromatic N) is 3. The van der Waals surface area contributed by atoms with Crippen LogP contribution in [0.4, 0.5) is 0 Å². The molecule has 0 atom stereocenters. The smallest absolute Gasteiger partial charge is 0.230 e. The first kappa shape index (κ1) is 18.3. The maximum Gasteiger partial charge on any atom is 0.230 e. The molecule has 1 amide bonds. The number of benzene rings is 1. The van der Waals surface area contributed by atoms with Crippen LogP contribution in [0.2, 0.25) is 0 Å². The van der Waals surface area contributed by atoms with Crippen molar-refractivity contribution >= 4 is 29.0 Å². The van der Waals surface area contributed by atoms with Gasteiger partial charge in [-0.2, -0.15) is 0 Å². The third kappa shape index (κ3) is 4.42. The topological polar surface area (TPSA) is 59.8 Å². The Balaban J connectivity index is 1.51. The van der Waals surface area contributed by atoms with Gasteiger partial charge in [0.05, 0.1) is 10.6 Å². The van der Waals surface area contributed by atoms with Gasteiger partial charge < -0.3 is 5.32 Å². The van der Waals surface area contributed by atoms with E-state index in [1.54, 1.807) is 11.3 Å². The highest BCUT2D eigenvalue weighted by molar-refractivity contribution is 7.99. The quantitative estimate of drug-likeness (QED) is 0.620. The largest absolute Gasteiger partial charge is 0.353 e.